The SMILES string of the molecule is O=C(c1cn[nH]c1C1CCCCC1)N1CCN(CCn2cccc2)CC1. The average Bonchev–Trinajstić information content (AvgIpc) is 3.39. The van der Waals surface area contributed by atoms with Crippen LogP contribution >= 0.6 is 0 Å². The Morgan fingerprint density at radius 2 is 1.77 bits per heavy atom. The molecule has 6 heteroatoms. The zero-order valence-corrected chi connectivity index (χ0v) is 15.4. The second-order valence-electron chi connectivity index (χ2n) is 7.59. The van der Waals surface area contributed by atoms with Gasteiger partial charge in [0.15, 0.2) is 0 Å². The van der Waals surface area contributed by atoms with Crippen molar-refractivity contribution in [3.8, 4) is 0 Å². The summed E-state index contributed by atoms with van der Waals surface area (Å²) in [6, 6.07) is 4.12. The smallest absolute Gasteiger partial charge is 0.257 e. The van der Waals surface area contributed by atoms with E-state index in [0.717, 1.165) is 50.5 Å². The lowest BCUT2D eigenvalue weighted by Gasteiger charge is -2.35. The van der Waals surface area contributed by atoms with Gasteiger partial charge in [-0.1, -0.05) is 19.3 Å². The third-order valence-corrected chi connectivity index (χ3v) is 5.91. The molecule has 0 atom stereocenters. The molecule has 0 unspecified atom stereocenters. The molecule has 26 heavy (non-hydrogen) atoms. The van der Waals surface area contributed by atoms with Crippen molar-refractivity contribution in [3.05, 3.63) is 42.0 Å². The number of amides is 1. The monoisotopic (exact) mass is 355 g/mol. The van der Waals surface area contributed by atoms with Crippen molar-refractivity contribution < 1.29 is 4.79 Å². The Morgan fingerprint density at radius 3 is 2.50 bits per heavy atom. The Balaban J connectivity index is 1.32. The average molecular weight is 355 g/mol. The van der Waals surface area contributed by atoms with Crippen molar-refractivity contribution >= 4 is 5.91 Å². The number of hydrogen-bond donors (Lipinski definition) is 1. The molecule has 0 aromatic carbocycles. The number of hydrogen-bond acceptors (Lipinski definition) is 3. The van der Waals surface area contributed by atoms with E-state index in [1.165, 1.54) is 32.1 Å². The molecule has 2 fully saturated rings. The van der Waals surface area contributed by atoms with E-state index in [1.807, 2.05) is 4.90 Å². The summed E-state index contributed by atoms with van der Waals surface area (Å²) in [5.41, 5.74) is 1.88. The molecule has 1 amide bonds. The first kappa shape index (κ1) is 17.3. The van der Waals surface area contributed by atoms with Gasteiger partial charge in [0.05, 0.1) is 17.5 Å². The lowest BCUT2D eigenvalue weighted by molar-refractivity contribution is 0.0631. The molecular weight excluding hydrogens is 326 g/mol. The predicted octanol–water partition coefficient (Wildman–Crippen LogP) is 2.72. The molecule has 4 rings (SSSR count). The first-order valence-electron chi connectivity index (χ1n) is 9.97. The van der Waals surface area contributed by atoms with Gasteiger partial charge in [-0.3, -0.25) is 14.8 Å². The van der Waals surface area contributed by atoms with Gasteiger partial charge in [0.2, 0.25) is 0 Å². The van der Waals surface area contributed by atoms with E-state index in [-0.39, 0.29) is 5.91 Å². The van der Waals surface area contributed by atoms with Gasteiger partial charge >= 0.3 is 0 Å². The first-order valence-corrected chi connectivity index (χ1v) is 9.97. The minimum absolute atomic E-state index is 0.157. The second kappa shape index (κ2) is 8.08. The topological polar surface area (TPSA) is 57.2 Å². The number of carbonyl (C=O) groups is 1. The largest absolute Gasteiger partial charge is 0.353 e. The van der Waals surface area contributed by atoms with Crippen LogP contribution in [0.2, 0.25) is 0 Å². The molecular formula is C20H29N5O. The summed E-state index contributed by atoms with van der Waals surface area (Å²) >= 11 is 0. The number of piperazine rings is 1. The van der Waals surface area contributed by atoms with Crippen LogP contribution in [0, 0.1) is 0 Å². The van der Waals surface area contributed by atoms with Gasteiger partial charge in [0.1, 0.15) is 0 Å². The summed E-state index contributed by atoms with van der Waals surface area (Å²) in [7, 11) is 0. The van der Waals surface area contributed by atoms with Crippen LogP contribution in [0.3, 0.4) is 0 Å². The van der Waals surface area contributed by atoms with Crippen LogP contribution in [0.25, 0.3) is 0 Å². The molecule has 1 N–H and O–H groups in total. The predicted molar refractivity (Wildman–Crippen MR) is 101 cm³/mol. The van der Waals surface area contributed by atoms with Gasteiger partial charge in [-0.15, -0.1) is 0 Å². The Morgan fingerprint density at radius 1 is 1.04 bits per heavy atom. The van der Waals surface area contributed by atoms with Gasteiger partial charge in [-0.2, -0.15) is 5.10 Å². The molecule has 0 spiro atoms. The van der Waals surface area contributed by atoms with Crippen molar-refractivity contribution in [2.24, 2.45) is 0 Å². The van der Waals surface area contributed by atoms with Gasteiger partial charge in [-0.05, 0) is 25.0 Å². The van der Waals surface area contributed by atoms with Crippen LogP contribution in [0.1, 0.15) is 54.1 Å². The molecule has 2 aromatic rings. The van der Waals surface area contributed by atoms with Crippen molar-refractivity contribution in [2.75, 3.05) is 32.7 Å². The summed E-state index contributed by atoms with van der Waals surface area (Å²) in [4.78, 5) is 17.5. The number of rotatable bonds is 5. The van der Waals surface area contributed by atoms with Crippen LogP contribution in [0.4, 0.5) is 0 Å². The Hall–Kier alpha value is -2.08. The maximum Gasteiger partial charge on any atom is 0.257 e. The van der Waals surface area contributed by atoms with Gasteiger partial charge in [0.25, 0.3) is 5.91 Å². The molecule has 6 nitrogen and oxygen atoms in total. The van der Waals surface area contributed by atoms with E-state index < -0.39 is 0 Å². The van der Waals surface area contributed by atoms with E-state index in [0.29, 0.717) is 5.92 Å². The zero-order chi connectivity index (χ0) is 17.8. The maximum absolute atomic E-state index is 13.0. The van der Waals surface area contributed by atoms with E-state index in [2.05, 4.69) is 44.2 Å². The lowest BCUT2D eigenvalue weighted by Crippen LogP contribution is -2.49. The van der Waals surface area contributed by atoms with Crippen molar-refractivity contribution in [1.29, 1.82) is 0 Å². The fourth-order valence-electron chi connectivity index (χ4n) is 4.29. The van der Waals surface area contributed by atoms with Crippen LogP contribution in [-0.4, -0.2) is 63.2 Å². The molecule has 0 bridgehead atoms. The Kier molecular flexibility index (Phi) is 5.39. The quantitative estimate of drug-likeness (QED) is 0.897. The summed E-state index contributed by atoms with van der Waals surface area (Å²) in [6.07, 6.45) is 12.1. The number of carbonyl (C=O) groups excluding carboxylic acids is 1. The van der Waals surface area contributed by atoms with Crippen molar-refractivity contribution in [2.45, 2.75) is 44.6 Å². The zero-order valence-electron chi connectivity index (χ0n) is 15.4. The molecule has 140 valence electrons. The standard InChI is InChI=1S/C20H29N5O/c26-20(18-16-21-22-19(18)17-6-2-1-3-7-17)25-14-12-24(13-15-25)11-10-23-8-4-5-9-23/h4-5,8-9,16-17H,1-3,6-7,10-15H2,(H,21,22). The third-order valence-electron chi connectivity index (χ3n) is 5.91. The highest BCUT2D eigenvalue weighted by Crippen LogP contribution is 2.33. The van der Waals surface area contributed by atoms with Crippen LogP contribution in [0.15, 0.2) is 30.7 Å². The minimum Gasteiger partial charge on any atom is -0.353 e. The highest BCUT2D eigenvalue weighted by atomic mass is 16.2. The first-order chi connectivity index (χ1) is 12.8. The highest BCUT2D eigenvalue weighted by molar-refractivity contribution is 5.95. The Labute approximate surface area is 155 Å². The molecule has 1 saturated heterocycles. The van der Waals surface area contributed by atoms with E-state index >= 15 is 0 Å². The summed E-state index contributed by atoms with van der Waals surface area (Å²) in [5.74, 6) is 0.637. The number of nitrogens with zero attached hydrogens (tertiary/aromatic N) is 4. The van der Waals surface area contributed by atoms with E-state index in [4.69, 9.17) is 0 Å². The molecule has 1 saturated carbocycles. The van der Waals surface area contributed by atoms with Crippen LogP contribution in [0.5, 0.6) is 0 Å². The number of H-pyrrole nitrogens is 1. The molecule has 1 aliphatic heterocycles. The number of aromatic nitrogens is 3. The molecule has 3 heterocycles. The summed E-state index contributed by atoms with van der Waals surface area (Å²) in [5, 5.41) is 7.33. The number of aromatic amines is 1. The maximum atomic E-state index is 13.0. The van der Waals surface area contributed by atoms with Crippen LogP contribution in [-0.2, 0) is 6.54 Å². The Bertz CT molecular complexity index is 694. The summed E-state index contributed by atoms with van der Waals surface area (Å²) < 4.78 is 2.21. The third kappa shape index (κ3) is 3.85. The fourth-order valence-corrected chi connectivity index (χ4v) is 4.29. The highest BCUT2D eigenvalue weighted by Gasteiger charge is 2.28. The van der Waals surface area contributed by atoms with Crippen molar-refractivity contribution in [3.63, 3.8) is 0 Å². The van der Waals surface area contributed by atoms with E-state index in [1.54, 1.807) is 6.20 Å². The van der Waals surface area contributed by atoms with E-state index in [9.17, 15) is 4.79 Å². The lowest BCUT2D eigenvalue weighted by atomic mass is 9.85. The molecule has 2 aliphatic rings. The molecule has 1 aliphatic carbocycles. The van der Waals surface area contributed by atoms with Gasteiger partial charge in [-0.25, -0.2) is 0 Å². The van der Waals surface area contributed by atoms with Gasteiger partial charge in [0, 0.05) is 57.6 Å². The van der Waals surface area contributed by atoms with Gasteiger partial charge < -0.3 is 9.47 Å². The fraction of sp³-hybridized carbons (Fsp3) is 0.600. The summed E-state index contributed by atoms with van der Waals surface area (Å²) in [6.45, 7) is 5.55. The molecule has 2 aromatic heterocycles. The van der Waals surface area contributed by atoms with Crippen molar-refractivity contribution in [1.82, 2.24) is 24.6 Å². The number of nitrogens with one attached hydrogen (secondary N) is 1. The minimum atomic E-state index is 0.157. The van der Waals surface area contributed by atoms with Crippen LogP contribution < -0.4 is 0 Å². The molecule has 0 radical (unpaired) electrons. The second-order valence-corrected chi connectivity index (χ2v) is 7.59. The normalized spacial score (nSPS) is 19.8.